The van der Waals surface area contributed by atoms with Crippen molar-refractivity contribution >= 4 is 5.69 Å². The maximum Gasteiger partial charge on any atom is 0.285 e. The van der Waals surface area contributed by atoms with Crippen molar-refractivity contribution in [2.75, 3.05) is 12.4 Å². The molecule has 13 heavy (non-hydrogen) atoms. The Morgan fingerprint density at radius 2 is 2.08 bits per heavy atom. The summed E-state index contributed by atoms with van der Waals surface area (Å²) in [5.74, 6) is 0.749. The fraction of sp³-hybridized carbons (Fsp3) is 0.143. The molecule has 6 nitrogen and oxygen atoms in total. The van der Waals surface area contributed by atoms with Gasteiger partial charge in [0.05, 0.1) is 18.1 Å². The van der Waals surface area contributed by atoms with Crippen LogP contribution in [0.15, 0.2) is 23.2 Å². The van der Waals surface area contributed by atoms with Gasteiger partial charge in [-0.25, -0.2) is 9.97 Å². The fourth-order valence-corrected chi connectivity index (χ4v) is 0.838. The second kappa shape index (κ2) is 3.18. The van der Waals surface area contributed by atoms with Gasteiger partial charge in [0, 0.05) is 7.05 Å². The Labute approximate surface area is 74.0 Å². The van der Waals surface area contributed by atoms with Crippen molar-refractivity contribution in [3.05, 3.63) is 18.8 Å². The van der Waals surface area contributed by atoms with Crippen molar-refractivity contribution in [1.82, 2.24) is 20.2 Å². The van der Waals surface area contributed by atoms with E-state index in [1.165, 1.54) is 6.39 Å². The van der Waals surface area contributed by atoms with Crippen LogP contribution < -0.4 is 5.32 Å². The van der Waals surface area contributed by atoms with Gasteiger partial charge in [-0.15, -0.1) is 10.2 Å². The second-order valence-electron chi connectivity index (χ2n) is 2.29. The Balaban J connectivity index is 2.33. The van der Waals surface area contributed by atoms with Gasteiger partial charge >= 0.3 is 0 Å². The Morgan fingerprint density at radius 3 is 2.62 bits per heavy atom. The molecule has 6 heteroatoms. The molecule has 0 aliphatic rings. The first-order valence-corrected chi connectivity index (χ1v) is 3.66. The summed E-state index contributed by atoms with van der Waals surface area (Å²) in [5.41, 5.74) is 0.836. The lowest BCUT2D eigenvalue weighted by Crippen LogP contribution is -1.93. The molecule has 2 rings (SSSR count). The van der Waals surface area contributed by atoms with Gasteiger partial charge < -0.3 is 9.73 Å². The van der Waals surface area contributed by atoms with E-state index in [0.717, 1.165) is 5.69 Å². The summed E-state index contributed by atoms with van der Waals surface area (Å²) in [6.45, 7) is 0. The van der Waals surface area contributed by atoms with Crippen molar-refractivity contribution in [2.45, 2.75) is 0 Å². The van der Waals surface area contributed by atoms with E-state index < -0.39 is 0 Å². The predicted octanol–water partition coefficient (Wildman–Crippen LogP) is 0.568. The number of nitrogens with one attached hydrogen (secondary N) is 1. The summed E-state index contributed by atoms with van der Waals surface area (Å²) < 4.78 is 4.93. The fourth-order valence-electron chi connectivity index (χ4n) is 0.838. The minimum atomic E-state index is 0.322. The first-order chi connectivity index (χ1) is 6.40. The van der Waals surface area contributed by atoms with E-state index in [9.17, 15) is 0 Å². The Morgan fingerprint density at radius 1 is 1.31 bits per heavy atom. The Hall–Kier alpha value is -1.98. The summed E-state index contributed by atoms with van der Waals surface area (Å²) in [7, 11) is 1.80. The highest BCUT2D eigenvalue weighted by atomic mass is 16.4. The molecule has 0 fully saturated rings. The largest absolute Gasteiger partial charge is 0.421 e. The van der Waals surface area contributed by atoms with Crippen LogP contribution in [0.4, 0.5) is 5.69 Å². The third kappa shape index (κ3) is 1.46. The molecule has 66 valence electrons. The molecule has 0 aliphatic heterocycles. The van der Waals surface area contributed by atoms with E-state index in [-0.39, 0.29) is 0 Å². The number of hydrogen-bond acceptors (Lipinski definition) is 6. The van der Waals surface area contributed by atoms with Gasteiger partial charge in [0.1, 0.15) is 0 Å². The molecule has 0 saturated heterocycles. The molecule has 0 atom stereocenters. The maximum absolute atomic E-state index is 4.93. The third-order valence-corrected chi connectivity index (χ3v) is 1.49. The van der Waals surface area contributed by atoms with Crippen LogP contribution in [0.25, 0.3) is 11.7 Å². The molecule has 0 spiro atoms. The van der Waals surface area contributed by atoms with Crippen LogP contribution in [0.2, 0.25) is 0 Å². The first-order valence-electron chi connectivity index (χ1n) is 3.66. The number of anilines is 1. The van der Waals surface area contributed by atoms with Crippen LogP contribution in [-0.4, -0.2) is 27.2 Å². The van der Waals surface area contributed by atoms with Gasteiger partial charge in [0.15, 0.2) is 0 Å². The van der Waals surface area contributed by atoms with E-state index >= 15 is 0 Å². The summed E-state index contributed by atoms with van der Waals surface area (Å²) in [4.78, 5) is 8.04. The zero-order chi connectivity index (χ0) is 9.10. The molecule has 2 heterocycles. The topological polar surface area (TPSA) is 76.7 Å². The molecule has 0 amide bonds. The molecule has 2 aromatic rings. The average molecular weight is 177 g/mol. The molecule has 0 bridgehead atoms. The van der Waals surface area contributed by atoms with Crippen molar-refractivity contribution < 1.29 is 4.42 Å². The monoisotopic (exact) mass is 177 g/mol. The number of rotatable bonds is 2. The predicted molar refractivity (Wildman–Crippen MR) is 44.9 cm³/mol. The lowest BCUT2D eigenvalue weighted by molar-refractivity contribution is 0.563. The van der Waals surface area contributed by atoms with Crippen LogP contribution in [0.1, 0.15) is 0 Å². The lowest BCUT2D eigenvalue weighted by Gasteiger charge is -1.97. The van der Waals surface area contributed by atoms with Crippen LogP contribution in [0.3, 0.4) is 0 Å². The highest BCUT2D eigenvalue weighted by Crippen LogP contribution is 2.10. The van der Waals surface area contributed by atoms with Crippen molar-refractivity contribution in [1.29, 1.82) is 0 Å². The van der Waals surface area contributed by atoms with E-state index in [2.05, 4.69) is 25.5 Å². The average Bonchev–Trinajstić information content (AvgIpc) is 2.71. The molecule has 1 N–H and O–H groups in total. The van der Waals surface area contributed by atoms with Gasteiger partial charge in [-0.1, -0.05) is 0 Å². The molecule has 0 aliphatic carbocycles. The van der Waals surface area contributed by atoms with Crippen LogP contribution >= 0.6 is 0 Å². The molecule has 0 unspecified atom stereocenters. The normalized spacial score (nSPS) is 9.92. The second-order valence-corrected chi connectivity index (χ2v) is 2.29. The highest BCUT2D eigenvalue weighted by Gasteiger charge is 2.05. The zero-order valence-electron chi connectivity index (χ0n) is 6.93. The van der Waals surface area contributed by atoms with E-state index in [4.69, 9.17) is 4.42 Å². The molecule has 0 aromatic carbocycles. The molecular formula is C7H7N5O. The van der Waals surface area contributed by atoms with Crippen molar-refractivity contribution in [3.8, 4) is 11.7 Å². The van der Waals surface area contributed by atoms with Gasteiger partial charge in [-0.2, -0.15) is 0 Å². The first kappa shape index (κ1) is 7.66. The van der Waals surface area contributed by atoms with Crippen molar-refractivity contribution in [3.63, 3.8) is 0 Å². The quantitative estimate of drug-likeness (QED) is 0.722. The lowest BCUT2D eigenvalue weighted by atomic mass is 10.5. The van der Waals surface area contributed by atoms with Gasteiger partial charge in [-0.05, 0) is 0 Å². The van der Waals surface area contributed by atoms with Gasteiger partial charge in [0.25, 0.3) is 5.89 Å². The third-order valence-electron chi connectivity index (χ3n) is 1.49. The number of hydrogen-bond donors (Lipinski definition) is 1. The number of nitrogens with zero attached hydrogens (tertiary/aromatic N) is 4. The van der Waals surface area contributed by atoms with Gasteiger partial charge in [0.2, 0.25) is 12.2 Å². The summed E-state index contributed by atoms with van der Waals surface area (Å²) in [6, 6.07) is 0. The summed E-state index contributed by atoms with van der Waals surface area (Å²) in [6.07, 6.45) is 4.53. The zero-order valence-corrected chi connectivity index (χ0v) is 6.93. The Bertz CT molecular complexity index is 368. The molecule has 0 radical (unpaired) electrons. The van der Waals surface area contributed by atoms with Crippen LogP contribution in [0, 0.1) is 0 Å². The SMILES string of the molecule is CNc1cnc(-c2nnco2)nc1. The van der Waals surface area contributed by atoms with E-state index in [1.54, 1.807) is 19.4 Å². The number of aromatic nitrogens is 4. The molecule has 2 aromatic heterocycles. The molecule has 0 saturated carbocycles. The minimum Gasteiger partial charge on any atom is -0.421 e. The van der Waals surface area contributed by atoms with Gasteiger partial charge in [-0.3, -0.25) is 0 Å². The highest BCUT2D eigenvalue weighted by molar-refractivity contribution is 5.44. The summed E-state index contributed by atoms with van der Waals surface area (Å²) in [5, 5.41) is 10.1. The van der Waals surface area contributed by atoms with E-state index in [1.807, 2.05) is 0 Å². The molecular weight excluding hydrogens is 170 g/mol. The van der Waals surface area contributed by atoms with E-state index in [0.29, 0.717) is 11.7 Å². The van der Waals surface area contributed by atoms with Crippen LogP contribution in [-0.2, 0) is 0 Å². The maximum atomic E-state index is 4.93. The minimum absolute atomic E-state index is 0.322. The smallest absolute Gasteiger partial charge is 0.285 e. The Kier molecular flexibility index (Phi) is 1.87. The summed E-state index contributed by atoms with van der Waals surface area (Å²) >= 11 is 0. The standard InChI is InChI=1S/C7H7N5O/c1-8-5-2-9-6(10-3-5)7-12-11-4-13-7/h2-4,8H,1H3. The van der Waals surface area contributed by atoms with Crippen molar-refractivity contribution in [2.24, 2.45) is 0 Å². The van der Waals surface area contributed by atoms with Crippen LogP contribution in [0.5, 0.6) is 0 Å².